The minimum atomic E-state index is -1.14. The van der Waals surface area contributed by atoms with Gasteiger partial charge < -0.3 is 19.8 Å². The van der Waals surface area contributed by atoms with Crippen LogP contribution in [-0.4, -0.2) is 76.9 Å². The maximum absolute atomic E-state index is 13.1. The van der Waals surface area contributed by atoms with E-state index in [1.807, 2.05) is 18.2 Å². The van der Waals surface area contributed by atoms with Gasteiger partial charge in [0.25, 0.3) is 0 Å². The Labute approximate surface area is 185 Å². The molecule has 2 fully saturated rings. The Kier molecular flexibility index (Phi) is 8.46. The summed E-state index contributed by atoms with van der Waals surface area (Å²) in [5.41, 5.74) is 0.699. The van der Waals surface area contributed by atoms with Gasteiger partial charge in [-0.1, -0.05) is 36.8 Å². The molecular formula is C24H36N2O5. The van der Waals surface area contributed by atoms with E-state index in [9.17, 15) is 19.8 Å². The fourth-order valence-corrected chi connectivity index (χ4v) is 4.64. The Bertz CT molecular complexity index is 718. The maximum Gasteiger partial charge on any atom is 0.312 e. The van der Waals surface area contributed by atoms with Gasteiger partial charge in [0, 0.05) is 26.6 Å². The van der Waals surface area contributed by atoms with Crippen molar-refractivity contribution < 1.29 is 24.5 Å². The lowest BCUT2D eigenvalue weighted by Gasteiger charge is -2.40. The summed E-state index contributed by atoms with van der Waals surface area (Å²) in [5.74, 6) is -0.298. The van der Waals surface area contributed by atoms with Gasteiger partial charge in [-0.25, -0.2) is 0 Å². The monoisotopic (exact) mass is 432 g/mol. The van der Waals surface area contributed by atoms with E-state index < -0.39 is 17.6 Å². The molecule has 0 aliphatic carbocycles. The molecule has 7 nitrogen and oxygen atoms in total. The minimum Gasteiger partial charge on any atom is -0.462 e. The van der Waals surface area contributed by atoms with Crippen LogP contribution in [0.15, 0.2) is 30.3 Å². The Morgan fingerprint density at radius 3 is 2.42 bits per heavy atom. The fraction of sp³-hybridized carbons (Fsp3) is 0.667. The summed E-state index contributed by atoms with van der Waals surface area (Å²) in [6.45, 7) is 4.80. The zero-order chi connectivity index (χ0) is 22.3. The molecule has 2 heterocycles. The number of likely N-dealkylation sites (tertiary alicyclic amines) is 1. The lowest BCUT2D eigenvalue weighted by Crippen LogP contribution is -2.45. The first-order valence-electron chi connectivity index (χ1n) is 11.4. The number of ether oxygens (including phenoxy) is 1. The van der Waals surface area contributed by atoms with Crippen LogP contribution >= 0.6 is 0 Å². The number of hydrogen-bond donors (Lipinski definition) is 2. The first-order valence-corrected chi connectivity index (χ1v) is 11.4. The van der Waals surface area contributed by atoms with Crippen LogP contribution in [0.25, 0.3) is 0 Å². The summed E-state index contributed by atoms with van der Waals surface area (Å²) < 4.78 is 5.51. The predicted octanol–water partition coefficient (Wildman–Crippen LogP) is 1.96. The number of cyclic esters (lactones) is 1. The van der Waals surface area contributed by atoms with Crippen LogP contribution in [0.4, 0.5) is 0 Å². The second kappa shape index (κ2) is 11.1. The van der Waals surface area contributed by atoms with E-state index in [4.69, 9.17) is 4.74 Å². The average Bonchev–Trinajstić information content (AvgIpc) is 2.78. The fourth-order valence-electron chi connectivity index (χ4n) is 4.64. The van der Waals surface area contributed by atoms with Crippen molar-refractivity contribution in [3.05, 3.63) is 35.9 Å². The SMILES string of the molecule is CC(=O)N1CCCCC2(CCN(Cc3ccccc3)CC2)C(=O)OC[C@@H](O)[C@@H](O)CC1. The molecular weight excluding hydrogens is 396 g/mol. The molecule has 31 heavy (non-hydrogen) atoms. The minimum absolute atomic E-state index is 0.0344. The molecule has 172 valence electrons. The summed E-state index contributed by atoms with van der Waals surface area (Å²) in [6, 6.07) is 10.3. The Morgan fingerprint density at radius 2 is 1.74 bits per heavy atom. The Balaban J connectivity index is 1.65. The highest BCUT2D eigenvalue weighted by atomic mass is 16.5. The second-order valence-electron chi connectivity index (χ2n) is 9.03. The van der Waals surface area contributed by atoms with E-state index in [2.05, 4.69) is 17.0 Å². The zero-order valence-corrected chi connectivity index (χ0v) is 18.5. The quantitative estimate of drug-likeness (QED) is 0.695. The van der Waals surface area contributed by atoms with Crippen LogP contribution in [0, 0.1) is 5.41 Å². The van der Waals surface area contributed by atoms with Gasteiger partial charge in [0.1, 0.15) is 12.7 Å². The summed E-state index contributed by atoms with van der Waals surface area (Å²) in [4.78, 5) is 29.1. The van der Waals surface area contributed by atoms with E-state index in [0.717, 1.165) is 38.9 Å². The van der Waals surface area contributed by atoms with Crippen LogP contribution in [0.5, 0.6) is 0 Å². The van der Waals surface area contributed by atoms with Crippen molar-refractivity contribution in [1.29, 1.82) is 0 Å². The third kappa shape index (κ3) is 6.51. The topological polar surface area (TPSA) is 90.3 Å². The number of carbonyl (C=O) groups excluding carboxylic acids is 2. The maximum atomic E-state index is 13.1. The summed E-state index contributed by atoms with van der Waals surface area (Å²) >= 11 is 0. The van der Waals surface area contributed by atoms with E-state index in [1.165, 1.54) is 12.5 Å². The number of amides is 1. The molecule has 2 atom stereocenters. The number of aliphatic hydroxyl groups excluding tert-OH is 2. The van der Waals surface area contributed by atoms with Gasteiger partial charge in [0.15, 0.2) is 0 Å². The first kappa shape index (κ1) is 23.7. The van der Waals surface area contributed by atoms with Gasteiger partial charge in [-0.05, 0) is 50.8 Å². The molecule has 1 aromatic carbocycles. The van der Waals surface area contributed by atoms with Gasteiger partial charge in [-0.2, -0.15) is 0 Å². The van der Waals surface area contributed by atoms with Crippen LogP contribution in [-0.2, 0) is 20.9 Å². The molecule has 1 spiro atoms. The number of hydrogen-bond acceptors (Lipinski definition) is 6. The molecule has 2 aliphatic rings. The highest BCUT2D eigenvalue weighted by molar-refractivity contribution is 5.77. The number of rotatable bonds is 2. The molecule has 3 rings (SSSR count). The number of nitrogens with zero attached hydrogens (tertiary/aromatic N) is 2. The Hall–Kier alpha value is -1.96. The van der Waals surface area contributed by atoms with Crippen molar-refractivity contribution in [2.45, 2.75) is 64.2 Å². The molecule has 0 saturated carbocycles. The van der Waals surface area contributed by atoms with Crippen LogP contribution in [0.1, 0.15) is 51.0 Å². The standard InChI is InChI=1S/C24H36N2O5/c1-19(27)26-13-6-5-10-24(23(30)31-18-22(29)21(28)9-14-26)11-15-25(16-12-24)17-20-7-3-2-4-8-20/h2-4,7-8,21-22,28-29H,5-6,9-18H2,1H3/t21-,22+/m0/s1. The molecule has 1 amide bonds. The number of piperidine rings is 1. The van der Waals surface area contributed by atoms with Crippen molar-refractivity contribution in [3.63, 3.8) is 0 Å². The predicted molar refractivity (Wildman–Crippen MR) is 117 cm³/mol. The normalized spacial score (nSPS) is 26.4. The van der Waals surface area contributed by atoms with Gasteiger partial charge in [0.05, 0.1) is 11.5 Å². The van der Waals surface area contributed by atoms with E-state index in [1.54, 1.807) is 4.90 Å². The highest BCUT2D eigenvalue weighted by Crippen LogP contribution is 2.38. The van der Waals surface area contributed by atoms with E-state index in [0.29, 0.717) is 25.9 Å². The number of benzene rings is 1. The highest BCUT2D eigenvalue weighted by Gasteiger charge is 2.42. The molecule has 0 bridgehead atoms. The molecule has 2 aliphatic heterocycles. The molecule has 0 radical (unpaired) electrons. The third-order valence-corrected chi connectivity index (χ3v) is 6.80. The molecule has 2 saturated heterocycles. The van der Waals surface area contributed by atoms with Crippen LogP contribution in [0.2, 0.25) is 0 Å². The van der Waals surface area contributed by atoms with Crippen LogP contribution < -0.4 is 0 Å². The zero-order valence-electron chi connectivity index (χ0n) is 18.5. The van der Waals surface area contributed by atoms with Crippen molar-refractivity contribution in [2.75, 3.05) is 32.8 Å². The summed E-state index contributed by atoms with van der Waals surface area (Å²) in [5, 5.41) is 20.4. The van der Waals surface area contributed by atoms with Gasteiger partial charge in [-0.3, -0.25) is 14.5 Å². The smallest absolute Gasteiger partial charge is 0.312 e. The van der Waals surface area contributed by atoms with Crippen LogP contribution in [0.3, 0.4) is 0 Å². The molecule has 7 heteroatoms. The lowest BCUT2D eigenvalue weighted by atomic mass is 9.74. The second-order valence-corrected chi connectivity index (χ2v) is 9.03. The van der Waals surface area contributed by atoms with Crippen molar-refractivity contribution >= 4 is 11.9 Å². The Morgan fingerprint density at radius 1 is 1.03 bits per heavy atom. The third-order valence-electron chi connectivity index (χ3n) is 6.80. The largest absolute Gasteiger partial charge is 0.462 e. The summed E-state index contributed by atoms with van der Waals surface area (Å²) in [7, 11) is 0. The summed E-state index contributed by atoms with van der Waals surface area (Å²) in [6.07, 6.45) is 1.88. The first-order chi connectivity index (χ1) is 14.9. The molecule has 0 aromatic heterocycles. The van der Waals surface area contributed by atoms with E-state index >= 15 is 0 Å². The average molecular weight is 433 g/mol. The molecule has 0 unspecified atom stereocenters. The van der Waals surface area contributed by atoms with Gasteiger partial charge in [0.2, 0.25) is 5.91 Å². The van der Waals surface area contributed by atoms with E-state index in [-0.39, 0.29) is 24.9 Å². The van der Waals surface area contributed by atoms with Crippen molar-refractivity contribution in [1.82, 2.24) is 9.80 Å². The lowest BCUT2D eigenvalue weighted by molar-refractivity contribution is -0.165. The number of aliphatic hydroxyl groups is 2. The molecule has 1 aromatic rings. The van der Waals surface area contributed by atoms with Gasteiger partial charge in [-0.15, -0.1) is 0 Å². The molecule has 2 N–H and O–H groups in total. The van der Waals surface area contributed by atoms with Crippen molar-refractivity contribution in [3.8, 4) is 0 Å². The number of carbonyl (C=O) groups is 2. The van der Waals surface area contributed by atoms with Crippen molar-refractivity contribution in [2.24, 2.45) is 5.41 Å². The number of esters is 1. The van der Waals surface area contributed by atoms with Gasteiger partial charge >= 0.3 is 5.97 Å².